The highest BCUT2D eigenvalue weighted by molar-refractivity contribution is 5.78. The number of nitrogens with one attached hydrogen (secondary N) is 1. The predicted molar refractivity (Wildman–Crippen MR) is 87.5 cm³/mol. The van der Waals surface area contributed by atoms with Crippen LogP contribution in [0.25, 0.3) is 0 Å². The number of nitrogens with zero attached hydrogens (tertiary/aromatic N) is 1. The molecule has 3 nitrogen and oxygen atoms in total. The van der Waals surface area contributed by atoms with Crippen LogP contribution in [0.5, 0.6) is 0 Å². The maximum atomic E-state index is 12.7. The molecule has 1 aromatic rings. The fraction of sp³-hybridized carbons (Fsp3) is 0.611. The first-order valence-electron chi connectivity index (χ1n) is 8.38. The van der Waals surface area contributed by atoms with Gasteiger partial charge in [0.15, 0.2) is 0 Å². The van der Waals surface area contributed by atoms with Gasteiger partial charge in [0, 0.05) is 19.0 Å². The van der Waals surface area contributed by atoms with E-state index in [0.29, 0.717) is 24.4 Å². The molecule has 1 amide bonds. The van der Waals surface area contributed by atoms with Gasteiger partial charge in [-0.25, -0.2) is 0 Å². The smallest absolute Gasteiger partial charge is 0.356 e. The molecule has 1 heterocycles. The van der Waals surface area contributed by atoms with Crippen molar-refractivity contribution in [3.05, 3.63) is 35.4 Å². The molecule has 1 fully saturated rings. The third kappa shape index (κ3) is 5.51. The normalized spacial score (nSPS) is 20.6. The second kappa shape index (κ2) is 8.01. The topological polar surface area (TPSA) is 32.3 Å². The molecule has 2 rings (SSSR count). The number of benzene rings is 1. The van der Waals surface area contributed by atoms with E-state index in [1.165, 1.54) is 6.07 Å². The molecule has 1 aliphatic rings. The van der Waals surface area contributed by atoms with Gasteiger partial charge in [-0.2, -0.15) is 13.2 Å². The number of carbonyl (C=O) groups is 1. The van der Waals surface area contributed by atoms with Crippen LogP contribution < -0.4 is 5.32 Å². The molecular weight excluding hydrogens is 317 g/mol. The first kappa shape index (κ1) is 18.8. The van der Waals surface area contributed by atoms with Crippen molar-refractivity contribution in [2.45, 2.75) is 32.4 Å². The summed E-state index contributed by atoms with van der Waals surface area (Å²) < 4.78 is 38.2. The maximum Gasteiger partial charge on any atom is 0.416 e. The van der Waals surface area contributed by atoms with Crippen LogP contribution in [0, 0.1) is 11.8 Å². The van der Waals surface area contributed by atoms with Gasteiger partial charge in [0.25, 0.3) is 0 Å². The maximum absolute atomic E-state index is 12.7. The van der Waals surface area contributed by atoms with E-state index in [2.05, 4.69) is 17.3 Å². The number of alkyl halides is 3. The SMILES string of the molecule is C[C@H](Cc1cccc(C(F)(F)F)c1)C(=O)NC[C@@H]1CCCN(C)C1. The van der Waals surface area contributed by atoms with E-state index in [1.807, 2.05) is 0 Å². The second-order valence-electron chi connectivity index (χ2n) is 6.82. The van der Waals surface area contributed by atoms with Crippen LogP contribution in [0.15, 0.2) is 24.3 Å². The minimum Gasteiger partial charge on any atom is -0.356 e. The zero-order chi connectivity index (χ0) is 17.7. The average molecular weight is 342 g/mol. The lowest BCUT2D eigenvalue weighted by Gasteiger charge is -2.30. The van der Waals surface area contributed by atoms with Gasteiger partial charge >= 0.3 is 6.18 Å². The summed E-state index contributed by atoms with van der Waals surface area (Å²) in [5.41, 5.74) is -0.136. The molecule has 0 aromatic heterocycles. The number of hydrogen-bond acceptors (Lipinski definition) is 2. The highest BCUT2D eigenvalue weighted by Gasteiger charge is 2.30. The summed E-state index contributed by atoms with van der Waals surface area (Å²) in [4.78, 5) is 14.5. The second-order valence-corrected chi connectivity index (χ2v) is 6.82. The standard InChI is InChI=1S/C18H25F3N2O/c1-13(9-14-5-3-7-16(10-14)18(19,20)21)17(24)22-11-15-6-4-8-23(2)12-15/h3,5,7,10,13,15H,4,6,8-9,11-12H2,1-2H3,(H,22,24)/t13-,15+/m1/s1. The highest BCUT2D eigenvalue weighted by atomic mass is 19.4. The van der Waals surface area contributed by atoms with Crippen molar-refractivity contribution >= 4 is 5.91 Å². The highest BCUT2D eigenvalue weighted by Crippen LogP contribution is 2.30. The van der Waals surface area contributed by atoms with Gasteiger partial charge in [-0.1, -0.05) is 25.1 Å². The van der Waals surface area contributed by atoms with Gasteiger partial charge in [0.2, 0.25) is 5.91 Å². The molecule has 2 atom stereocenters. The molecule has 0 bridgehead atoms. The van der Waals surface area contributed by atoms with E-state index in [-0.39, 0.29) is 11.8 Å². The Morgan fingerprint density at radius 1 is 1.42 bits per heavy atom. The van der Waals surface area contributed by atoms with Gasteiger partial charge < -0.3 is 10.2 Å². The fourth-order valence-electron chi connectivity index (χ4n) is 3.18. The van der Waals surface area contributed by atoms with Gasteiger partial charge in [0.1, 0.15) is 0 Å². The first-order chi connectivity index (χ1) is 11.3. The molecule has 0 spiro atoms. The Morgan fingerprint density at radius 2 is 2.17 bits per heavy atom. The quantitative estimate of drug-likeness (QED) is 0.890. The summed E-state index contributed by atoms with van der Waals surface area (Å²) in [5, 5.41) is 2.95. The zero-order valence-electron chi connectivity index (χ0n) is 14.2. The molecule has 0 saturated carbocycles. The van der Waals surface area contributed by atoms with Crippen molar-refractivity contribution in [1.29, 1.82) is 0 Å². The number of piperidine rings is 1. The van der Waals surface area contributed by atoms with Crippen LogP contribution in [-0.4, -0.2) is 37.5 Å². The minimum atomic E-state index is -4.35. The lowest BCUT2D eigenvalue weighted by Crippen LogP contribution is -2.40. The van der Waals surface area contributed by atoms with Gasteiger partial charge in [-0.05, 0) is 50.4 Å². The third-order valence-corrected chi connectivity index (χ3v) is 4.53. The fourth-order valence-corrected chi connectivity index (χ4v) is 3.18. The van der Waals surface area contributed by atoms with Gasteiger partial charge in [0.05, 0.1) is 5.56 Å². The Balaban J connectivity index is 1.85. The van der Waals surface area contributed by atoms with Crippen LogP contribution >= 0.6 is 0 Å². The van der Waals surface area contributed by atoms with Crippen LogP contribution in [0.1, 0.15) is 30.9 Å². The number of likely N-dealkylation sites (tertiary alicyclic amines) is 1. The number of amides is 1. The number of carbonyl (C=O) groups excluding carboxylic acids is 1. The summed E-state index contributed by atoms with van der Waals surface area (Å²) in [6.45, 7) is 4.46. The van der Waals surface area contributed by atoms with Crippen LogP contribution in [0.3, 0.4) is 0 Å². The summed E-state index contributed by atoms with van der Waals surface area (Å²) >= 11 is 0. The molecule has 0 radical (unpaired) electrons. The monoisotopic (exact) mass is 342 g/mol. The average Bonchev–Trinajstić information content (AvgIpc) is 2.52. The molecule has 24 heavy (non-hydrogen) atoms. The van der Waals surface area contributed by atoms with E-state index in [0.717, 1.165) is 38.1 Å². The van der Waals surface area contributed by atoms with E-state index in [4.69, 9.17) is 0 Å². The molecule has 0 unspecified atom stereocenters. The largest absolute Gasteiger partial charge is 0.416 e. The third-order valence-electron chi connectivity index (χ3n) is 4.53. The summed E-state index contributed by atoms with van der Waals surface area (Å²) in [6.07, 6.45) is -1.81. The Bertz CT molecular complexity index is 559. The zero-order valence-corrected chi connectivity index (χ0v) is 14.2. The molecule has 0 aliphatic carbocycles. The van der Waals surface area contributed by atoms with Crippen molar-refractivity contribution in [2.24, 2.45) is 11.8 Å². The summed E-state index contributed by atoms with van der Waals surface area (Å²) in [7, 11) is 2.07. The molecule has 6 heteroatoms. The Kier molecular flexibility index (Phi) is 6.27. The Morgan fingerprint density at radius 3 is 2.83 bits per heavy atom. The molecule has 1 saturated heterocycles. The number of halogens is 3. The molecule has 1 aromatic carbocycles. The predicted octanol–water partition coefficient (Wildman–Crippen LogP) is 3.34. The van der Waals surface area contributed by atoms with E-state index in [9.17, 15) is 18.0 Å². The number of rotatable bonds is 5. The van der Waals surface area contributed by atoms with Crippen molar-refractivity contribution < 1.29 is 18.0 Å². The lowest BCUT2D eigenvalue weighted by atomic mass is 9.96. The van der Waals surface area contributed by atoms with Crippen LogP contribution in [0.2, 0.25) is 0 Å². The van der Waals surface area contributed by atoms with Crippen LogP contribution in [0.4, 0.5) is 13.2 Å². The summed E-state index contributed by atoms with van der Waals surface area (Å²) in [5.74, 6) is 0.00361. The molecule has 1 N–H and O–H groups in total. The van der Waals surface area contributed by atoms with Crippen molar-refractivity contribution in [3.63, 3.8) is 0 Å². The lowest BCUT2D eigenvalue weighted by molar-refractivity contribution is -0.137. The van der Waals surface area contributed by atoms with Crippen molar-refractivity contribution in [1.82, 2.24) is 10.2 Å². The molecular formula is C18H25F3N2O. The van der Waals surface area contributed by atoms with E-state index >= 15 is 0 Å². The number of hydrogen-bond donors (Lipinski definition) is 1. The van der Waals surface area contributed by atoms with E-state index in [1.54, 1.807) is 13.0 Å². The van der Waals surface area contributed by atoms with Crippen LogP contribution in [-0.2, 0) is 17.4 Å². The minimum absolute atomic E-state index is 0.0966. The summed E-state index contributed by atoms with van der Waals surface area (Å²) in [6, 6.07) is 5.20. The van der Waals surface area contributed by atoms with Gasteiger partial charge in [-0.15, -0.1) is 0 Å². The van der Waals surface area contributed by atoms with Crippen molar-refractivity contribution in [2.75, 3.05) is 26.7 Å². The van der Waals surface area contributed by atoms with Gasteiger partial charge in [-0.3, -0.25) is 4.79 Å². The Labute approximate surface area is 141 Å². The Hall–Kier alpha value is -1.56. The molecule has 1 aliphatic heterocycles. The first-order valence-corrected chi connectivity index (χ1v) is 8.38. The van der Waals surface area contributed by atoms with Crippen molar-refractivity contribution in [3.8, 4) is 0 Å². The van der Waals surface area contributed by atoms with E-state index < -0.39 is 11.7 Å². The molecule has 134 valence electrons.